The topological polar surface area (TPSA) is 175 Å². The first-order valence-corrected chi connectivity index (χ1v) is 23.1. The molecule has 7 atom stereocenters. The lowest BCUT2D eigenvalue weighted by atomic mass is 9.78. The Morgan fingerprint density at radius 3 is 1.80 bits per heavy atom. The Bertz CT molecular complexity index is 2480. The van der Waals surface area contributed by atoms with E-state index in [9.17, 15) is 19.2 Å². The maximum atomic E-state index is 13.9. The van der Waals surface area contributed by atoms with Gasteiger partial charge in [0.1, 0.15) is 23.7 Å². The Labute approximate surface area is 382 Å². The summed E-state index contributed by atoms with van der Waals surface area (Å²) in [7, 11) is 2.60. The van der Waals surface area contributed by atoms with Gasteiger partial charge in [-0.3, -0.25) is 9.59 Å². The standard InChI is InChI=1S/C51H64N8O6/c1-28(2)43(56-49(62)64-8)47(60)58-22-10-12-40(58)45-52-26-38(54-45)31-17-21-35-36(24-31)34-20-16-32(25-37(34)42(35)30-14-18-33(19-15-30)51(5,6)7)39-27-53-46(55-39)41-13-11-23-59(41)48(61)44(29(3)4)57-50(63)65-9/h14-21,24-29,35-36,40-44H,10-13,22-23H2,1-9H3,(H,52,54)(H,53,55)(H,56,62)(H,57,63). The van der Waals surface area contributed by atoms with Gasteiger partial charge in [0.15, 0.2) is 0 Å². The second-order valence-corrected chi connectivity index (χ2v) is 19.7. The van der Waals surface area contributed by atoms with Gasteiger partial charge in [-0.2, -0.15) is 0 Å². The van der Waals surface area contributed by atoms with E-state index in [4.69, 9.17) is 19.4 Å². The molecule has 2 aromatic heterocycles. The maximum Gasteiger partial charge on any atom is 0.407 e. The first-order valence-electron chi connectivity index (χ1n) is 23.1. The van der Waals surface area contributed by atoms with Gasteiger partial charge in [0.2, 0.25) is 11.8 Å². The summed E-state index contributed by atoms with van der Waals surface area (Å²) in [6.45, 7) is 15.5. The monoisotopic (exact) mass is 884 g/mol. The number of hydrogen-bond acceptors (Lipinski definition) is 8. The van der Waals surface area contributed by atoms with E-state index in [1.54, 1.807) is 0 Å². The van der Waals surface area contributed by atoms with Crippen molar-refractivity contribution in [3.63, 3.8) is 0 Å². The molecule has 65 heavy (non-hydrogen) atoms. The second-order valence-electron chi connectivity index (χ2n) is 19.7. The van der Waals surface area contributed by atoms with Crippen molar-refractivity contribution in [3.05, 3.63) is 113 Å². The van der Waals surface area contributed by atoms with Crippen molar-refractivity contribution in [2.75, 3.05) is 27.3 Å². The zero-order valence-electron chi connectivity index (χ0n) is 39.1. The summed E-state index contributed by atoms with van der Waals surface area (Å²) in [5.74, 6) is 1.31. The number of aromatic amines is 2. The molecular formula is C51H64N8O6. The third-order valence-corrected chi connectivity index (χ3v) is 13.9. The van der Waals surface area contributed by atoms with Crippen LogP contribution in [-0.4, -0.2) is 93.1 Å². The molecule has 4 aromatic rings. The number of rotatable bonds is 11. The highest BCUT2D eigenvalue weighted by molar-refractivity contribution is 5.87. The van der Waals surface area contributed by atoms with Crippen LogP contribution in [0.5, 0.6) is 0 Å². The highest BCUT2D eigenvalue weighted by Gasteiger charge is 2.43. The molecule has 14 nitrogen and oxygen atoms in total. The molecule has 4 amide bonds. The summed E-state index contributed by atoms with van der Waals surface area (Å²) < 4.78 is 9.65. The van der Waals surface area contributed by atoms with Crippen molar-refractivity contribution >= 4 is 29.6 Å². The predicted octanol–water partition coefficient (Wildman–Crippen LogP) is 8.68. The van der Waals surface area contributed by atoms with Gasteiger partial charge < -0.3 is 39.9 Å². The van der Waals surface area contributed by atoms with Crippen LogP contribution in [0.4, 0.5) is 9.59 Å². The summed E-state index contributed by atoms with van der Waals surface area (Å²) in [4.78, 5) is 72.5. The summed E-state index contributed by atoms with van der Waals surface area (Å²) in [5.41, 5.74) is 8.93. The van der Waals surface area contributed by atoms with E-state index in [0.29, 0.717) is 13.1 Å². The van der Waals surface area contributed by atoms with Gasteiger partial charge >= 0.3 is 12.2 Å². The Kier molecular flexibility index (Phi) is 12.8. The van der Waals surface area contributed by atoms with Crippen LogP contribution >= 0.6 is 0 Å². The van der Waals surface area contributed by atoms with E-state index >= 15 is 0 Å². The Hall–Kier alpha value is -6.18. The number of H-pyrrole nitrogens is 2. The number of ether oxygens (including phenoxy) is 2. The van der Waals surface area contributed by atoms with E-state index in [0.717, 1.165) is 59.9 Å². The van der Waals surface area contributed by atoms with Gasteiger partial charge in [-0.25, -0.2) is 19.6 Å². The van der Waals surface area contributed by atoms with Crippen molar-refractivity contribution < 1.29 is 28.7 Å². The number of amides is 4. The number of alkyl carbamates (subject to hydrolysis) is 2. The Morgan fingerprint density at radius 1 is 0.738 bits per heavy atom. The van der Waals surface area contributed by atoms with Gasteiger partial charge in [0, 0.05) is 24.9 Å². The number of likely N-dealkylation sites (tertiary alicyclic amines) is 2. The van der Waals surface area contributed by atoms with Gasteiger partial charge in [-0.15, -0.1) is 0 Å². The lowest BCUT2D eigenvalue weighted by molar-refractivity contribution is -0.136. The van der Waals surface area contributed by atoms with Gasteiger partial charge in [-0.1, -0.05) is 103 Å². The van der Waals surface area contributed by atoms with Crippen molar-refractivity contribution in [3.8, 4) is 11.3 Å². The summed E-state index contributed by atoms with van der Waals surface area (Å²) >= 11 is 0. The summed E-state index contributed by atoms with van der Waals surface area (Å²) in [5, 5.41) is 5.47. The molecule has 4 aliphatic rings. The molecule has 0 spiro atoms. The number of carbonyl (C=O) groups is 4. The lowest BCUT2D eigenvalue weighted by Crippen LogP contribution is -2.51. The summed E-state index contributed by atoms with van der Waals surface area (Å²) in [6.07, 6.45) is 12.6. The lowest BCUT2D eigenvalue weighted by Gasteiger charge is -2.30. The number of hydrogen-bond donors (Lipinski definition) is 4. The Balaban J connectivity index is 1.09. The van der Waals surface area contributed by atoms with Gasteiger partial charge in [0.25, 0.3) is 0 Å². The quantitative estimate of drug-likeness (QED) is 0.116. The SMILES string of the molecule is COC(=O)NC(C(=O)N1CCCC1c1ncc(C2=CC3c4ccc(-c5cnc(C6CCCN6C(=O)C(NC(=O)OC)C(C)C)[nH]5)cc4C(c4ccc(C(C)(C)C)cc4)C3C=C2)[nH]1)C(C)C. The molecule has 2 aromatic carbocycles. The molecule has 2 aliphatic carbocycles. The number of methoxy groups -OCH3 is 2. The molecule has 344 valence electrons. The van der Waals surface area contributed by atoms with Crippen molar-refractivity contribution in [1.82, 2.24) is 40.4 Å². The van der Waals surface area contributed by atoms with Crippen LogP contribution in [-0.2, 0) is 24.5 Å². The van der Waals surface area contributed by atoms with E-state index in [-0.39, 0.29) is 58.9 Å². The number of imidazole rings is 2. The summed E-state index contributed by atoms with van der Waals surface area (Å²) in [6, 6.07) is 13.9. The first kappa shape index (κ1) is 45.4. The van der Waals surface area contributed by atoms with Crippen molar-refractivity contribution in [1.29, 1.82) is 0 Å². The predicted molar refractivity (Wildman–Crippen MR) is 249 cm³/mol. The average molecular weight is 885 g/mol. The highest BCUT2D eigenvalue weighted by Crippen LogP contribution is 2.54. The molecule has 0 bridgehead atoms. The minimum Gasteiger partial charge on any atom is -0.453 e. The molecule has 8 rings (SSSR count). The van der Waals surface area contributed by atoms with Crippen LogP contribution in [0.25, 0.3) is 16.8 Å². The normalized spacial score (nSPS) is 22.4. The highest BCUT2D eigenvalue weighted by atomic mass is 16.5. The average Bonchev–Trinajstić information content (AvgIpc) is 4.15. The molecule has 4 N–H and O–H groups in total. The number of allylic oxidation sites excluding steroid dienone is 4. The zero-order valence-corrected chi connectivity index (χ0v) is 39.1. The van der Waals surface area contributed by atoms with Gasteiger partial charge in [0.05, 0.1) is 50.1 Å². The molecule has 7 unspecified atom stereocenters. The number of nitrogens with one attached hydrogen (secondary N) is 4. The van der Waals surface area contributed by atoms with E-state index in [1.807, 2.05) is 49.9 Å². The fraction of sp³-hybridized carbons (Fsp3) is 0.490. The van der Waals surface area contributed by atoms with E-state index < -0.39 is 24.3 Å². The van der Waals surface area contributed by atoms with Crippen LogP contribution in [0.1, 0.15) is 138 Å². The molecule has 2 aliphatic heterocycles. The third-order valence-electron chi connectivity index (χ3n) is 13.9. The van der Waals surface area contributed by atoms with Crippen LogP contribution in [0.15, 0.2) is 73.1 Å². The van der Waals surface area contributed by atoms with E-state index in [1.165, 1.54) is 36.5 Å². The molecule has 14 heteroatoms. The molecule has 2 fully saturated rings. The van der Waals surface area contributed by atoms with Crippen molar-refractivity contribution in [2.24, 2.45) is 17.8 Å². The first-order chi connectivity index (χ1) is 31.1. The van der Waals surface area contributed by atoms with Crippen LogP contribution < -0.4 is 10.6 Å². The number of fused-ring (bicyclic) bond motifs is 3. The molecule has 4 heterocycles. The third kappa shape index (κ3) is 8.96. The second kappa shape index (κ2) is 18.4. The zero-order chi connectivity index (χ0) is 46.3. The fourth-order valence-electron chi connectivity index (χ4n) is 10.3. The van der Waals surface area contributed by atoms with Crippen LogP contribution in [0, 0.1) is 17.8 Å². The minimum absolute atomic E-state index is 0.0252. The number of carbonyl (C=O) groups excluding carboxylic acids is 4. The molecule has 0 saturated carbocycles. The molecular weight excluding hydrogens is 821 g/mol. The smallest absolute Gasteiger partial charge is 0.407 e. The van der Waals surface area contributed by atoms with Gasteiger partial charge in [-0.05, 0) is 88.3 Å². The largest absolute Gasteiger partial charge is 0.453 e. The fourth-order valence-corrected chi connectivity index (χ4v) is 10.3. The maximum absolute atomic E-state index is 13.9. The number of nitrogens with zero attached hydrogens (tertiary/aromatic N) is 4. The van der Waals surface area contributed by atoms with E-state index in [2.05, 4.69) is 102 Å². The van der Waals surface area contributed by atoms with Crippen molar-refractivity contribution in [2.45, 2.75) is 116 Å². The minimum atomic E-state index is -0.708. The van der Waals surface area contributed by atoms with Crippen LogP contribution in [0.2, 0.25) is 0 Å². The molecule has 0 radical (unpaired) electrons. The Morgan fingerprint density at radius 2 is 1.28 bits per heavy atom. The number of benzene rings is 2. The van der Waals surface area contributed by atoms with Crippen LogP contribution in [0.3, 0.4) is 0 Å². The number of aromatic nitrogens is 4. The molecule has 2 saturated heterocycles.